The molecular formula is C15H32N2O2S. The van der Waals surface area contributed by atoms with Gasteiger partial charge in [-0.25, -0.2) is 8.42 Å². The zero-order chi connectivity index (χ0) is 15.4. The second-order valence-electron chi connectivity index (χ2n) is 6.70. The largest absolute Gasteiger partial charge is 0.309 e. The molecule has 20 heavy (non-hydrogen) atoms. The van der Waals surface area contributed by atoms with E-state index in [0.717, 1.165) is 38.9 Å². The summed E-state index contributed by atoms with van der Waals surface area (Å²) in [6.07, 6.45) is 4.33. The first-order valence-corrected chi connectivity index (χ1v) is 9.93. The van der Waals surface area contributed by atoms with E-state index in [1.807, 2.05) is 0 Å². The molecule has 1 N–H and O–H groups in total. The van der Waals surface area contributed by atoms with E-state index in [0.29, 0.717) is 17.7 Å². The number of sulfone groups is 1. The lowest BCUT2D eigenvalue weighted by Crippen LogP contribution is -2.64. The van der Waals surface area contributed by atoms with E-state index < -0.39 is 9.84 Å². The van der Waals surface area contributed by atoms with Gasteiger partial charge in [-0.15, -0.1) is 0 Å². The lowest BCUT2D eigenvalue weighted by Gasteiger charge is -2.48. The average Bonchev–Trinajstić information content (AvgIpc) is 2.37. The molecule has 1 saturated heterocycles. The Morgan fingerprint density at radius 2 is 2.05 bits per heavy atom. The Kier molecular flexibility index (Phi) is 6.48. The van der Waals surface area contributed by atoms with Crippen molar-refractivity contribution < 1.29 is 8.42 Å². The summed E-state index contributed by atoms with van der Waals surface area (Å²) in [5.74, 6) is 0.939. The minimum atomic E-state index is -2.84. The summed E-state index contributed by atoms with van der Waals surface area (Å²) in [4.78, 5) is 2.51. The summed E-state index contributed by atoms with van der Waals surface area (Å²) in [5.41, 5.74) is 0.162. The molecule has 0 spiro atoms. The topological polar surface area (TPSA) is 49.4 Å². The van der Waals surface area contributed by atoms with Crippen molar-refractivity contribution in [1.29, 1.82) is 0 Å². The van der Waals surface area contributed by atoms with Crippen LogP contribution in [-0.4, -0.2) is 56.5 Å². The number of nitrogens with one attached hydrogen (secondary N) is 1. The van der Waals surface area contributed by atoms with Crippen molar-refractivity contribution in [2.45, 2.75) is 58.5 Å². The van der Waals surface area contributed by atoms with E-state index in [1.54, 1.807) is 0 Å². The lowest BCUT2D eigenvalue weighted by molar-refractivity contribution is 0.0554. The van der Waals surface area contributed by atoms with Gasteiger partial charge < -0.3 is 5.32 Å². The summed E-state index contributed by atoms with van der Waals surface area (Å²) in [7, 11) is -2.84. The summed E-state index contributed by atoms with van der Waals surface area (Å²) in [5, 5.41) is 3.69. The number of hydrogen-bond acceptors (Lipinski definition) is 4. The molecule has 1 rings (SSSR count). The highest BCUT2D eigenvalue weighted by Gasteiger charge is 2.36. The molecule has 0 aromatic rings. The molecular weight excluding hydrogens is 272 g/mol. The van der Waals surface area contributed by atoms with Crippen LogP contribution < -0.4 is 5.32 Å². The van der Waals surface area contributed by atoms with Gasteiger partial charge in [-0.1, -0.05) is 27.2 Å². The standard InChI is InChI=1S/C15H32N2O2S/c1-6-13(3)14-11-16-15(4,7-2)12-17(14)9-8-10-20(5,18)19/h13-14,16H,6-12H2,1-5H3. The van der Waals surface area contributed by atoms with E-state index >= 15 is 0 Å². The molecule has 0 saturated carbocycles. The predicted molar refractivity (Wildman–Crippen MR) is 85.8 cm³/mol. The summed E-state index contributed by atoms with van der Waals surface area (Å²) >= 11 is 0. The fraction of sp³-hybridized carbons (Fsp3) is 1.00. The van der Waals surface area contributed by atoms with Gasteiger partial charge in [0, 0.05) is 30.9 Å². The Morgan fingerprint density at radius 1 is 1.40 bits per heavy atom. The van der Waals surface area contributed by atoms with E-state index in [4.69, 9.17) is 0 Å². The smallest absolute Gasteiger partial charge is 0.147 e. The zero-order valence-electron chi connectivity index (χ0n) is 13.8. The van der Waals surface area contributed by atoms with Crippen LogP contribution in [0, 0.1) is 5.92 Å². The van der Waals surface area contributed by atoms with E-state index in [9.17, 15) is 8.42 Å². The van der Waals surface area contributed by atoms with Crippen molar-refractivity contribution in [3.63, 3.8) is 0 Å². The second kappa shape index (κ2) is 7.23. The zero-order valence-corrected chi connectivity index (χ0v) is 14.6. The van der Waals surface area contributed by atoms with Crippen LogP contribution in [0.5, 0.6) is 0 Å². The van der Waals surface area contributed by atoms with E-state index in [2.05, 4.69) is 37.9 Å². The minimum absolute atomic E-state index is 0.162. The molecule has 3 unspecified atom stereocenters. The molecule has 120 valence electrons. The fourth-order valence-electron chi connectivity index (χ4n) is 2.95. The van der Waals surface area contributed by atoms with Gasteiger partial charge in [0.25, 0.3) is 0 Å². The minimum Gasteiger partial charge on any atom is -0.309 e. The maximum Gasteiger partial charge on any atom is 0.147 e. The normalized spacial score (nSPS) is 30.4. The van der Waals surface area contributed by atoms with Crippen LogP contribution >= 0.6 is 0 Å². The predicted octanol–water partition coefficient (Wildman–Crippen LogP) is 1.91. The van der Waals surface area contributed by atoms with Crippen molar-refractivity contribution in [2.24, 2.45) is 5.92 Å². The third-order valence-electron chi connectivity index (χ3n) is 4.80. The molecule has 0 radical (unpaired) electrons. The molecule has 0 amide bonds. The highest BCUT2D eigenvalue weighted by Crippen LogP contribution is 2.24. The quantitative estimate of drug-likeness (QED) is 0.780. The summed E-state index contributed by atoms with van der Waals surface area (Å²) < 4.78 is 22.6. The molecule has 0 aromatic heterocycles. The molecule has 1 heterocycles. The first kappa shape index (κ1) is 17.9. The van der Waals surface area contributed by atoms with Gasteiger partial charge in [-0.2, -0.15) is 0 Å². The van der Waals surface area contributed by atoms with Gasteiger partial charge in [0.15, 0.2) is 0 Å². The fourth-order valence-corrected chi connectivity index (χ4v) is 3.60. The lowest BCUT2D eigenvalue weighted by atomic mass is 9.88. The van der Waals surface area contributed by atoms with Crippen LogP contribution in [0.15, 0.2) is 0 Å². The number of nitrogens with zero attached hydrogens (tertiary/aromatic N) is 1. The van der Waals surface area contributed by atoms with Gasteiger partial charge in [-0.3, -0.25) is 4.90 Å². The Bertz CT molecular complexity index is 397. The van der Waals surface area contributed by atoms with Gasteiger partial charge in [0.05, 0.1) is 5.75 Å². The van der Waals surface area contributed by atoms with Crippen molar-refractivity contribution in [3.8, 4) is 0 Å². The van der Waals surface area contributed by atoms with E-state index in [1.165, 1.54) is 6.26 Å². The van der Waals surface area contributed by atoms with Crippen molar-refractivity contribution in [2.75, 3.05) is 31.6 Å². The van der Waals surface area contributed by atoms with Gasteiger partial charge in [0.1, 0.15) is 9.84 Å². The first-order chi connectivity index (χ1) is 9.21. The number of rotatable bonds is 7. The molecule has 0 bridgehead atoms. The molecule has 0 aromatic carbocycles. The first-order valence-electron chi connectivity index (χ1n) is 7.87. The Morgan fingerprint density at radius 3 is 2.55 bits per heavy atom. The van der Waals surface area contributed by atoms with Gasteiger partial charge >= 0.3 is 0 Å². The second-order valence-corrected chi connectivity index (χ2v) is 8.96. The Hall–Kier alpha value is -0.130. The molecule has 1 aliphatic heterocycles. The summed E-state index contributed by atoms with van der Waals surface area (Å²) in [6, 6.07) is 0.527. The van der Waals surface area contributed by atoms with Crippen molar-refractivity contribution >= 4 is 9.84 Å². The van der Waals surface area contributed by atoms with E-state index in [-0.39, 0.29) is 5.54 Å². The van der Waals surface area contributed by atoms with Crippen LogP contribution in [0.25, 0.3) is 0 Å². The Labute approximate surface area is 125 Å². The third-order valence-corrected chi connectivity index (χ3v) is 5.83. The van der Waals surface area contributed by atoms with Crippen molar-refractivity contribution in [3.05, 3.63) is 0 Å². The third kappa shape index (κ3) is 5.34. The maximum absolute atomic E-state index is 11.3. The molecule has 0 aliphatic carbocycles. The van der Waals surface area contributed by atoms with Crippen LogP contribution in [0.3, 0.4) is 0 Å². The monoisotopic (exact) mass is 304 g/mol. The average molecular weight is 304 g/mol. The summed E-state index contributed by atoms with van der Waals surface area (Å²) in [6.45, 7) is 11.9. The number of piperazine rings is 1. The molecule has 3 atom stereocenters. The number of hydrogen-bond donors (Lipinski definition) is 1. The SMILES string of the molecule is CCC(C)C1CNC(C)(CC)CN1CCCS(C)(=O)=O. The van der Waals surface area contributed by atoms with Crippen LogP contribution in [0.2, 0.25) is 0 Å². The van der Waals surface area contributed by atoms with Crippen LogP contribution in [0.4, 0.5) is 0 Å². The Balaban J connectivity index is 2.67. The highest BCUT2D eigenvalue weighted by molar-refractivity contribution is 7.90. The van der Waals surface area contributed by atoms with Gasteiger partial charge in [-0.05, 0) is 32.2 Å². The maximum atomic E-state index is 11.3. The van der Waals surface area contributed by atoms with Crippen LogP contribution in [-0.2, 0) is 9.84 Å². The van der Waals surface area contributed by atoms with Crippen molar-refractivity contribution in [1.82, 2.24) is 10.2 Å². The van der Waals surface area contributed by atoms with Gasteiger partial charge in [0.2, 0.25) is 0 Å². The highest BCUT2D eigenvalue weighted by atomic mass is 32.2. The molecule has 4 nitrogen and oxygen atoms in total. The molecule has 1 aliphatic rings. The molecule has 1 fully saturated rings. The molecule has 5 heteroatoms. The van der Waals surface area contributed by atoms with Crippen LogP contribution in [0.1, 0.15) is 47.0 Å².